The van der Waals surface area contributed by atoms with E-state index in [1.54, 1.807) is 0 Å². The van der Waals surface area contributed by atoms with Crippen LogP contribution in [0.25, 0.3) is 0 Å². The Kier molecular flexibility index (Phi) is 7.82. The van der Waals surface area contributed by atoms with Crippen LogP contribution in [0.4, 0.5) is 21.5 Å². The first kappa shape index (κ1) is 25.8. The standard InChI is InChI=1S/C22H17BrFN3O7S/c1-13-10-14(24)6-9-20(13)35(32,33)26-18-5-3-2-4-16(18)22(29)34-12-21(28)25-19-8-7-15(27(30)31)11-17(19)23/h2-11,26H,12H2,1H3,(H,25,28). The van der Waals surface area contributed by atoms with Crippen LogP contribution in [0.3, 0.4) is 0 Å². The van der Waals surface area contributed by atoms with Crippen LogP contribution in [0.5, 0.6) is 0 Å². The molecule has 0 aliphatic heterocycles. The molecule has 0 saturated carbocycles. The normalized spacial score (nSPS) is 10.9. The van der Waals surface area contributed by atoms with E-state index in [0.29, 0.717) is 0 Å². The van der Waals surface area contributed by atoms with Gasteiger partial charge in [0.05, 0.1) is 26.8 Å². The number of amides is 1. The van der Waals surface area contributed by atoms with Gasteiger partial charge < -0.3 is 10.1 Å². The van der Waals surface area contributed by atoms with Crippen molar-refractivity contribution >= 4 is 54.9 Å². The van der Waals surface area contributed by atoms with Crippen LogP contribution >= 0.6 is 15.9 Å². The minimum atomic E-state index is -4.16. The van der Waals surface area contributed by atoms with Gasteiger partial charge in [0.1, 0.15) is 5.82 Å². The van der Waals surface area contributed by atoms with Crippen molar-refractivity contribution in [3.8, 4) is 0 Å². The molecule has 3 rings (SSSR count). The van der Waals surface area contributed by atoms with Crippen molar-refractivity contribution in [1.82, 2.24) is 0 Å². The van der Waals surface area contributed by atoms with E-state index >= 15 is 0 Å². The number of nitro benzene ring substituents is 1. The van der Waals surface area contributed by atoms with Crippen LogP contribution in [0.15, 0.2) is 70.0 Å². The number of para-hydroxylation sites is 1. The zero-order valence-corrected chi connectivity index (χ0v) is 20.4. The fourth-order valence-corrected chi connectivity index (χ4v) is 4.75. The van der Waals surface area contributed by atoms with Crippen LogP contribution < -0.4 is 10.0 Å². The molecule has 0 aliphatic carbocycles. The Balaban J connectivity index is 1.70. The topological polar surface area (TPSA) is 145 Å². The lowest BCUT2D eigenvalue weighted by Crippen LogP contribution is -2.22. The predicted molar refractivity (Wildman–Crippen MR) is 128 cm³/mol. The molecule has 0 spiro atoms. The summed E-state index contributed by atoms with van der Waals surface area (Å²) in [6.45, 7) is 0.722. The lowest BCUT2D eigenvalue weighted by Gasteiger charge is -2.14. The van der Waals surface area contributed by atoms with Crippen molar-refractivity contribution in [1.29, 1.82) is 0 Å². The van der Waals surface area contributed by atoms with Crippen LogP contribution in [-0.2, 0) is 19.6 Å². The number of carbonyl (C=O) groups excluding carboxylic acids is 2. The molecule has 35 heavy (non-hydrogen) atoms. The summed E-state index contributed by atoms with van der Waals surface area (Å²) >= 11 is 3.11. The summed E-state index contributed by atoms with van der Waals surface area (Å²) in [5.74, 6) is -2.30. The lowest BCUT2D eigenvalue weighted by molar-refractivity contribution is -0.384. The van der Waals surface area contributed by atoms with E-state index in [1.165, 1.54) is 49.4 Å². The van der Waals surface area contributed by atoms with Gasteiger partial charge in [0, 0.05) is 16.6 Å². The molecule has 0 atom stereocenters. The number of hydrogen-bond acceptors (Lipinski definition) is 7. The third kappa shape index (κ3) is 6.39. The fourth-order valence-electron chi connectivity index (χ4n) is 2.98. The summed E-state index contributed by atoms with van der Waals surface area (Å²) in [6, 6.07) is 12.5. The second-order valence-corrected chi connectivity index (χ2v) is 9.61. The Morgan fingerprint density at radius 2 is 1.80 bits per heavy atom. The lowest BCUT2D eigenvalue weighted by atomic mass is 10.2. The highest BCUT2D eigenvalue weighted by Crippen LogP contribution is 2.27. The molecule has 1 amide bonds. The van der Waals surface area contributed by atoms with E-state index in [1.807, 2.05) is 0 Å². The van der Waals surface area contributed by atoms with E-state index in [4.69, 9.17) is 4.74 Å². The van der Waals surface area contributed by atoms with Crippen LogP contribution in [-0.4, -0.2) is 31.8 Å². The Hall–Kier alpha value is -3.84. The molecule has 0 heterocycles. The second kappa shape index (κ2) is 10.6. The van der Waals surface area contributed by atoms with Crippen molar-refractivity contribution in [2.45, 2.75) is 11.8 Å². The molecular formula is C22H17BrFN3O7S. The number of ether oxygens (including phenoxy) is 1. The maximum Gasteiger partial charge on any atom is 0.340 e. The molecule has 3 aromatic rings. The average molecular weight is 566 g/mol. The molecule has 10 nitrogen and oxygen atoms in total. The van der Waals surface area contributed by atoms with Gasteiger partial charge in [-0.3, -0.25) is 19.6 Å². The van der Waals surface area contributed by atoms with E-state index in [9.17, 15) is 32.5 Å². The monoisotopic (exact) mass is 565 g/mol. The first-order chi connectivity index (χ1) is 16.5. The van der Waals surface area contributed by atoms with Gasteiger partial charge in [-0.25, -0.2) is 17.6 Å². The van der Waals surface area contributed by atoms with E-state index in [0.717, 1.165) is 18.2 Å². The van der Waals surface area contributed by atoms with Gasteiger partial charge in [-0.15, -0.1) is 0 Å². The first-order valence-corrected chi connectivity index (χ1v) is 12.0. The number of carbonyl (C=O) groups is 2. The van der Waals surface area contributed by atoms with Crippen molar-refractivity contribution in [3.05, 3.63) is 92.2 Å². The predicted octanol–water partition coefficient (Wildman–Crippen LogP) is 4.40. The number of nitro groups is 1. The molecule has 13 heteroatoms. The van der Waals surface area contributed by atoms with E-state index < -0.39 is 39.2 Å². The van der Waals surface area contributed by atoms with Crippen molar-refractivity contribution < 1.29 is 32.1 Å². The smallest absolute Gasteiger partial charge is 0.340 e. The SMILES string of the molecule is Cc1cc(F)ccc1S(=O)(=O)Nc1ccccc1C(=O)OCC(=O)Nc1ccc([N+](=O)[O-])cc1Br. The van der Waals surface area contributed by atoms with Crippen LogP contribution in [0.1, 0.15) is 15.9 Å². The van der Waals surface area contributed by atoms with E-state index in [2.05, 4.69) is 26.0 Å². The summed E-state index contributed by atoms with van der Waals surface area (Å²) in [5.41, 5.74) is -0.0396. The van der Waals surface area contributed by atoms with Crippen molar-refractivity contribution in [3.63, 3.8) is 0 Å². The van der Waals surface area contributed by atoms with Gasteiger partial charge in [-0.2, -0.15) is 0 Å². The maximum absolute atomic E-state index is 13.4. The van der Waals surface area contributed by atoms with Crippen LogP contribution in [0, 0.1) is 22.9 Å². The zero-order valence-electron chi connectivity index (χ0n) is 17.9. The third-order valence-electron chi connectivity index (χ3n) is 4.59. The summed E-state index contributed by atoms with van der Waals surface area (Å²) in [4.78, 5) is 34.8. The number of halogens is 2. The molecule has 0 fully saturated rings. The molecule has 182 valence electrons. The molecule has 0 bridgehead atoms. The van der Waals surface area contributed by atoms with Gasteiger partial charge in [-0.1, -0.05) is 12.1 Å². The highest BCUT2D eigenvalue weighted by molar-refractivity contribution is 9.10. The largest absolute Gasteiger partial charge is 0.452 e. The van der Waals surface area contributed by atoms with Crippen LogP contribution in [0.2, 0.25) is 0 Å². The Morgan fingerprint density at radius 3 is 2.46 bits per heavy atom. The fraction of sp³-hybridized carbons (Fsp3) is 0.0909. The van der Waals surface area contributed by atoms with Gasteiger partial charge >= 0.3 is 5.97 Å². The van der Waals surface area contributed by atoms with Gasteiger partial charge in [-0.05, 0) is 64.8 Å². The highest BCUT2D eigenvalue weighted by Gasteiger charge is 2.22. The Bertz CT molecular complexity index is 1430. The number of sulfonamides is 1. The molecule has 0 radical (unpaired) electrons. The average Bonchev–Trinajstić information content (AvgIpc) is 2.78. The van der Waals surface area contributed by atoms with Gasteiger partial charge in [0.2, 0.25) is 0 Å². The number of benzene rings is 3. The molecule has 2 N–H and O–H groups in total. The molecular weight excluding hydrogens is 549 g/mol. The quantitative estimate of drug-likeness (QED) is 0.234. The Labute approximate surface area is 207 Å². The number of esters is 1. The number of non-ortho nitro benzene ring substituents is 1. The number of nitrogens with one attached hydrogen (secondary N) is 2. The minimum Gasteiger partial charge on any atom is -0.452 e. The summed E-state index contributed by atoms with van der Waals surface area (Å²) in [5, 5.41) is 13.2. The molecule has 0 saturated heterocycles. The zero-order chi connectivity index (χ0) is 25.8. The highest BCUT2D eigenvalue weighted by atomic mass is 79.9. The second-order valence-electron chi connectivity index (χ2n) is 7.11. The molecule has 3 aromatic carbocycles. The first-order valence-electron chi connectivity index (χ1n) is 9.77. The summed E-state index contributed by atoms with van der Waals surface area (Å²) < 4.78 is 46.5. The van der Waals surface area contributed by atoms with Crippen molar-refractivity contribution in [2.24, 2.45) is 0 Å². The Morgan fingerprint density at radius 1 is 1.09 bits per heavy atom. The molecule has 0 aromatic heterocycles. The number of rotatable bonds is 8. The van der Waals surface area contributed by atoms with Gasteiger partial charge in [0.15, 0.2) is 6.61 Å². The third-order valence-corrected chi connectivity index (χ3v) is 6.77. The minimum absolute atomic E-state index is 0.0975. The summed E-state index contributed by atoms with van der Waals surface area (Å²) in [7, 11) is -4.16. The van der Waals surface area contributed by atoms with Gasteiger partial charge in [0.25, 0.3) is 21.6 Å². The maximum atomic E-state index is 13.4. The number of anilines is 2. The number of aryl methyl sites for hydroxylation is 1. The summed E-state index contributed by atoms with van der Waals surface area (Å²) in [6.07, 6.45) is 0. The van der Waals surface area contributed by atoms with E-state index in [-0.39, 0.29) is 37.6 Å². The molecule has 0 aliphatic rings. The number of nitrogens with zero attached hydrogens (tertiary/aromatic N) is 1. The number of hydrogen-bond donors (Lipinski definition) is 2. The van der Waals surface area contributed by atoms with Crippen molar-refractivity contribution in [2.75, 3.05) is 16.6 Å². The molecule has 0 unspecified atom stereocenters.